The fraction of sp³-hybridized carbons (Fsp3) is 0.630. The summed E-state index contributed by atoms with van der Waals surface area (Å²) in [6.07, 6.45) is 6.10. The van der Waals surface area contributed by atoms with E-state index in [9.17, 15) is 24.8 Å². The molecule has 10 nitrogen and oxygen atoms in total. The largest absolute Gasteiger partial charge is 0.480 e. The molecule has 10 heteroatoms. The molecule has 2 fully saturated rings. The SMILES string of the molecule is C=CCN(C(=O)OCc1ccc([N+](=O)[O-])cc1)C1CCN(C[C@@H]2CCC(NC(C(=O)O)C(C)C)C2)CC1. The second-order valence-corrected chi connectivity index (χ2v) is 10.6. The second kappa shape index (κ2) is 13.5. The Bertz CT molecular complexity index is 929. The molecule has 2 aliphatic rings. The number of nitro benzene ring substituents is 1. The summed E-state index contributed by atoms with van der Waals surface area (Å²) in [6, 6.07) is 5.80. The highest BCUT2D eigenvalue weighted by molar-refractivity contribution is 5.73. The molecule has 3 atom stereocenters. The zero-order valence-corrected chi connectivity index (χ0v) is 21.9. The van der Waals surface area contributed by atoms with Gasteiger partial charge in [-0.2, -0.15) is 0 Å². The van der Waals surface area contributed by atoms with Gasteiger partial charge < -0.3 is 25.0 Å². The third kappa shape index (κ3) is 8.26. The van der Waals surface area contributed by atoms with Crippen LogP contribution in [0.2, 0.25) is 0 Å². The van der Waals surface area contributed by atoms with Gasteiger partial charge in [0.2, 0.25) is 0 Å². The summed E-state index contributed by atoms with van der Waals surface area (Å²) in [5.41, 5.74) is 0.694. The van der Waals surface area contributed by atoms with E-state index in [1.807, 2.05) is 13.8 Å². The first kappa shape index (κ1) is 28.6. The molecule has 1 amide bonds. The monoisotopic (exact) mass is 516 g/mol. The zero-order valence-electron chi connectivity index (χ0n) is 21.9. The van der Waals surface area contributed by atoms with Crippen LogP contribution in [0.15, 0.2) is 36.9 Å². The highest BCUT2D eigenvalue weighted by Gasteiger charge is 2.33. The lowest BCUT2D eigenvalue weighted by atomic mass is 10.00. The number of likely N-dealkylation sites (tertiary alicyclic amines) is 1. The van der Waals surface area contributed by atoms with Crippen LogP contribution in [0.1, 0.15) is 51.5 Å². The lowest BCUT2D eigenvalue weighted by Gasteiger charge is -2.38. The van der Waals surface area contributed by atoms with E-state index in [-0.39, 0.29) is 30.3 Å². The molecule has 204 valence electrons. The van der Waals surface area contributed by atoms with Crippen LogP contribution in [0.25, 0.3) is 0 Å². The zero-order chi connectivity index (χ0) is 26.9. The maximum absolute atomic E-state index is 12.8. The number of hydrogen-bond acceptors (Lipinski definition) is 7. The van der Waals surface area contributed by atoms with Gasteiger partial charge in [0.1, 0.15) is 12.6 Å². The Kier molecular flexibility index (Phi) is 10.5. The molecule has 1 aromatic carbocycles. The summed E-state index contributed by atoms with van der Waals surface area (Å²) in [5, 5.41) is 23.6. The second-order valence-electron chi connectivity index (χ2n) is 10.6. The van der Waals surface area contributed by atoms with Crippen molar-refractivity contribution in [2.75, 3.05) is 26.2 Å². The lowest BCUT2D eigenvalue weighted by molar-refractivity contribution is -0.384. The number of rotatable bonds is 12. The van der Waals surface area contributed by atoms with E-state index in [4.69, 9.17) is 4.74 Å². The summed E-state index contributed by atoms with van der Waals surface area (Å²) in [6.45, 7) is 10.9. The van der Waals surface area contributed by atoms with Crippen molar-refractivity contribution in [2.45, 2.75) is 70.7 Å². The first-order valence-electron chi connectivity index (χ1n) is 13.2. The van der Waals surface area contributed by atoms with E-state index < -0.39 is 23.0 Å². The normalized spacial score (nSPS) is 21.5. The number of piperidine rings is 1. The molecule has 1 aromatic rings. The maximum Gasteiger partial charge on any atom is 0.410 e. The minimum Gasteiger partial charge on any atom is -0.480 e. The third-order valence-electron chi connectivity index (χ3n) is 7.47. The Morgan fingerprint density at radius 3 is 2.49 bits per heavy atom. The Morgan fingerprint density at radius 1 is 1.24 bits per heavy atom. The van der Waals surface area contributed by atoms with Gasteiger partial charge >= 0.3 is 12.1 Å². The number of ether oxygens (including phenoxy) is 1. The summed E-state index contributed by atoms with van der Waals surface area (Å²) < 4.78 is 5.51. The number of carbonyl (C=O) groups is 2. The van der Waals surface area contributed by atoms with E-state index in [2.05, 4.69) is 16.8 Å². The summed E-state index contributed by atoms with van der Waals surface area (Å²) in [4.78, 5) is 38.9. The highest BCUT2D eigenvalue weighted by atomic mass is 16.6. The number of aliphatic carboxylic acids is 1. The van der Waals surface area contributed by atoms with Gasteiger partial charge in [0.15, 0.2) is 0 Å². The predicted molar refractivity (Wildman–Crippen MR) is 140 cm³/mol. The van der Waals surface area contributed by atoms with Crippen molar-refractivity contribution in [3.63, 3.8) is 0 Å². The van der Waals surface area contributed by atoms with Gasteiger partial charge in [-0.3, -0.25) is 14.9 Å². The van der Waals surface area contributed by atoms with Crippen LogP contribution in [-0.2, 0) is 16.1 Å². The van der Waals surface area contributed by atoms with Crippen LogP contribution in [0.5, 0.6) is 0 Å². The molecule has 0 radical (unpaired) electrons. The minimum absolute atomic E-state index is 0.000443. The van der Waals surface area contributed by atoms with E-state index in [1.54, 1.807) is 23.1 Å². The fourth-order valence-electron chi connectivity index (χ4n) is 5.43. The van der Waals surface area contributed by atoms with Gasteiger partial charge in [0, 0.05) is 50.4 Å². The molecular weight excluding hydrogens is 476 g/mol. The van der Waals surface area contributed by atoms with Crippen molar-refractivity contribution < 1.29 is 24.4 Å². The number of hydrogen-bond donors (Lipinski definition) is 2. The number of nitro groups is 1. The Hall–Kier alpha value is -2.98. The number of nitrogens with one attached hydrogen (secondary N) is 1. The number of nitrogens with zero attached hydrogens (tertiary/aromatic N) is 3. The van der Waals surface area contributed by atoms with Gasteiger partial charge in [0.05, 0.1) is 4.92 Å². The first-order valence-corrected chi connectivity index (χ1v) is 13.2. The smallest absolute Gasteiger partial charge is 0.410 e. The topological polar surface area (TPSA) is 125 Å². The molecule has 1 heterocycles. The van der Waals surface area contributed by atoms with Crippen LogP contribution < -0.4 is 5.32 Å². The van der Waals surface area contributed by atoms with E-state index in [0.717, 1.165) is 51.7 Å². The average molecular weight is 517 g/mol. The van der Waals surface area contributed by atoms with Crippen molar-refractivity contribution in [2.24, 2.45) is 11.8 Å². The molecule has 1 saturated carbocycles. The standard InChI is InChI=1S/C27H40N4O6/c1-4-13-30(27(34)37-18-20-6-9-24(10-7-20)31(35)36)23-11-14-29(15-12-23)17-21-5-8-22(16-21)28-25(19(2)3)26(32)33/h4,6-7,9-10,19,21-23,25,28H,1,5,8,11-18H2,2-3H3,(H,32,33)/t21-,22?,25?/m1/s1. The van der Waals surface area contributed by atoms with Crippen LogP contribution in [0.4, 0.5) is 10.5 Å². The van der Waals surface area contributed by atoms with E-state index >= 15 is 0 Å². The number of amides is 1. The number of benzene rings is 1. The van der Waals surface area contributed by atoms with Crippen LogP contribution in [0, 0.1) is 22.0 Å². The molecule has 0 bridgehead atoms. The van der Waals surface area contributed by atoms with Crippen molar-refractivity contribution in [1.82, 2.24) is 15.1 Å². The molecule has 37 heavy (non-hydrogen) atoms. The van der Waals surface area contributed by atoms with Crippen LogP contribution in [-0.4, -0.2) is 76.2 Å². The Labute approximate surface area is 218 Å². The van der Waals surface area contributed by atoms with Gasteiger partial charge in [0.25, 0.3) is 5.69 Å². The van der Waals surface area contributed by atoms with Crippen molar-refractivity contribution >= 4 is 17.7 Å². The molecular formula is C27H40N4O6. The van der Waals surface area contributed by atoms with Gasteiger partial charge in [-0.15, -0.1) is 6.58 Å². The molecule has 0 aromatic heterocycles. The number of carboxylic acid groups (broad SMARTS) is 1. The molecule has 3 rings (SSSR count). The molecule has 2 unspecified atom stereocenters. The minimum atomic E-state index is -0.782. The van der Waals surface area contributed by atoms with Crippen molar-refractivity contribution in [3.05, 3.63) is 52.6 Å². The fourth-order valence-corrected chi connectivity index (χ4v) is 5.43. The Balaban J connectivity index is 1.44. The molecule has 1 aliphatic heterocycles. The van der Waals surface area contributed by atoms with Crippen LogP contribution >= 0.6 is 0 Å². The van der Waals surface area contributed by atoms with Gasteiger partial charge in [-0.1, -0.05) is 19.9 Å². The first-order chi connectivity index (χ1) is 17.7. The molecule has 2 N–H and O–H groups in total. The predicted octanol–water partition coefficient (Wildman–Crippen LogP) is 4.05. The van der Waals surface area contributed by atoms with Crippen LogP contribution in [0.3, 0.4) is 0 Å². The highest BCUT2D eigenvalue weighted by Crippen LogP contribution is 2.29. The number of carbonyl (C=O) groups excluding carboxylic acids is 1. The summed E-state index contributed by atoms with van der Waals surface area (Å²) in [7, 11) is 0. The average Bonchev–Trinajstić information content (AvgIpc) is 3.31. The van der Waals surface area contributed by atoms with Crippen molar-refractivity contribution in [1.29, 1.82) is 0 Å². The van der Waals surface area contributed by atoms with Gasteiger partial charge in [-0.05, 0) is 61.6 Å². The summed E-state index contributed by atoms with van der Waals surface area (Å²) in [5.74, 6) is -0.183. The maximum atomic E-state index is 12.8. The van der Waals surface area contributed by atoms with E-state index in [0.29, 0.717) is 18.0 Å². The summed E-state index contributed by atoms with van der Waals surface area (Å²) >= 11 is 0. The molecule has 1 saturated heterocycles. The lowest BCUT2D eigenvalue weighted by Crippen LogP contribution is -2.48. The van der Waals surface area contributed by atoms with E-state index in [1.165, 1.54) is 12.1 Å². The third-order valence-corrected chi connectivity index (χ3v) is 7.47. The van der Waals surface area contributed by atoms with Crippen molar-refractivity contribution in [3.8, 4) is 0 Å². The number of non-ortho nitro benzene ring substituents is 1. The molecule has 0 spiro atoms. The molecule has 1 aliphatic carbocycles. The number of carboxylic acids is 1. The quantitative estimate of drug-likeness (QED) is 0.242. The van der Waals surface area contributed by atoms with Gasteiger partial charge in [-0.25, -0.2) is 4.79 Å². The Morgan fingerprint density at radius 2 is 1.92 bits per heavy atom.